The Morgan fingerprint density at radius 1 is 1.21 bits per heavy atom. The van der Waals surface area contributed by atoms with E-state index in [0.29, 0.717) is 44.7 Å². The molecule has 1 unspecified atom stereocenters. The highest BCUT2D eigenvalue weighted by Crippen LogP contribution is 2.47. The van der Waals surface area contributed by atoms with Crippen LogP contribution in [0, 0.1) is 28.9 Å². The second-order valence-electron chi connectivity index (χ2n) is 9.01. The van der Waals surface area contributed by atoms with Gasteiger partial charge >= 0.3 is 0 Å². The molecule has 172 valence electrons. The Bertz CT molecular complexity index is 1450. The second kappa shape index (κ2) is 7.93. The molecule has 0 spiro atoms. The molecule has 0 aliphatic carbocycles. The lowest BCUT2D eigenvalue weighted by Gasteiger charge is -2.23. The summed E-state index contributed by atoms with van der Waals surface area (Å²) in [5, 5.41) is 10.4. The predicted molar refractivity (Wildman–Crippen MR) is 127 cm³/mol. The van der Waals surface area contributed by atoms with Gasteiger partial charge in [0.1, 0.15) is 17.4 Å². The van der Waals surface area contributed by atoms with Crippen LogP contribution >= 0.6 is 11.8 Å². The summed E-state index contributed by atoms with van der Waals surface area (Å²) in [7, 11) is 0. The molecule has 2 N–H and O–H groups in total. The summed E-state index contributed by atoms with van der Waals surface area (Å²) in [6.45, 7) is 4.18. The van der Waals surface area contributed by atoms with Gasteiger partial charge in [-0.05, 0) is 35.6 Å². The molecular formula is C25H21F2N5OS. The molecule has 1 saturated heterocycles. The van der Waals surface area contributed by atoms with E-state index in [2.05, 4.69) is 23.0 Å². The van der Waals surface area contributed by atoms with Crippen molar-refractivity contribution >= 4 is 34.2 Å². The number of fused-ring (bicyclic) bond motifs is 4. The Balaban J connectivity index is 1.66. The molecule has 9 heteroatoms. The standard InChI is InChI=1S/C25H21F2N5OS/c1-12-4-5-32(8-12)25-30-7-14-15-9-33-10-16(15)21(23(27)24(14)31-25)22-17(26)2-3-19-20(22)13(6-28)18(29)11-34-19/h2-3,7,12H,4-5,8-11,29H2,1H3. The van der Waals surface area contributed by atoms with Crippen LogP contribution in [-0.2, 0) is 18.0 Å². The number of ether oxygens (including phenoxy) is 1. The van der Waals surface area contributed by atoms with Crippen LogP contribution in [0.4, 0.5) is 14.7 Å². The van der Waals surface area contributed by atoms with E-state index in [-0.39, 0.29) is 35.4 Å². The minimum Gasteiger partial charge on any atom is -0.400 e. The van der Waals surface area contributed by atoms with Crippen molar-refractivity contribution in [1.82, 2.24) is 9.97 Å². The third kappa shape index (κ3) is 3.09. The van der Waals surface area contributed by atoms with E-state index in [1.807, 2.05) is 4.90 Å². The number of anilines is 1. The third-order valence-corrected chi connectivity index (χ3v) is 7.93. The van der Waals surface area contributed by atoms with Crippen molar-refractivity contribution in [2.45, 2.75) is 31.5 Å². The highest BCUT2D eigenvalue weighted by molar-refractivity contribution is 7.99. The van der Waals surface area contributed by atoms with Crippen LogP contribution in [0.5, 0.6) is 0 Å². The molecule has 3 aromatic rings. The number of benzene rings is 2. The van der Waals surface area contributed by atoms with Crippen molar-refractivity contribution in [2.24, 2.45) is 11.7 Å². The fourth-order valence-electron chi connectivity index (χ4n) is 5.12. The van der Waals surface area contributed by atoms with E-state index < -0.39 is 11.6 Å². The number of halogens is 2. The predicted octanol–water partition coefficient (Wildman–Crippen LogP) is 4.75. The number of hydrogen-bond donors (Lipinski definition) is 1. The maximum absolute atomic E-state index is 16.4. The van der Waals surface area contributed by atoms with Crippen LogP contribution in [0.15, 0.2) is 28.9 Å². The van der Waals surface area contributed by atoms with Crippen molar-refractivity contribution < 1.29 is 13.5 Å². The molecule has 6 nitrogen and oxygen atoms in total. The Labute approximate surface area is 199 Å². The Morgan fingerprint density at radius 2 is 2.03 bits per heavy atom. The van der Waals surface area contributed by atoms with Gasteiger partial charge in [-0.1, -0.05) is 6.92 Å². The SMILES string of the molecule is CC1CCN(c2ncc3c4c(c(-c5c(F)ccc6c5C(C#N)=C(N)CS6)c(F)c3n2)COC4)C1. The van der Waals surface area contributed by atoms with Crippen LogP contribution in [-0.4, -0.2) is 28.8 Å². The van der Waals surface area contributed by atoms with Gasteiger partial charge in [-0.3, -0.25) is 0 Å². The molecule has 1 fully saturated rings. The number of allylic oxidation sites excluding steroid dienone is 1. The molecule has 3 aliphatic rings. The van der Waals surface area contributed by atoms with E-state index in [9.17, 15) is 5.26 Å². The summed E-state index contributed by atoms with van der Waals surface area (Å²) in [4.78, 5) is 11.9. The fraction of sp³-hybridized carbons (Fsp3) is 0.320. The van der Waals surface area contributed by atoms with Gasteiger partial charge in [0.2, 0.25) is 5.95 Å². The van der Waals surface area contributed by atoms with E-state index in [1.54, 1.807) is 12.3 Å². The lowest BCUT2D eigenvalue weighted by molar-refractivity contribution is 0.135. The van der Waals surface area contributed by atoms with Crippen LogP contribution in [0.25, 0.3) is 27.6 Å². The summed E-state index contributed by atoms with van der Waals surface area (Å²) in [6.07, 6.45) is 2.67. The average Bonchev–Trinajstić information content (AvgIpc) is 3.49. The minimum atomic E-state index is -0.631. The largest absolute Gasteiger partial charge is 0.400 e. The molecule has 0 radical (unpaired) electrons. The number of hydrogen-bond acceptors (Lipinski definition) is 7. The molecule has 34 heavy (non-hydrogen) atoms. The summed E-state index contributed by atoms with van der Waals surface area (Å²) in [5.74, 6) is 0.157. The van der Waals surface area contributed by atoms with E-state index in [0.717, 1.165) is 25.1 Å². The molecule has 1 aromatic heterocycles. The minimum absolute atomic E-state index is 0.0420. The maximum Gasteiger partial charge on any atom is 0.225 e. The number of thioether (sulfide) groups is 1. The van der Waals surface area contributed by atoms with Gasteiger partial charge < -0.3 is 15.4 Å². The van der Waals surface area contributed by atoms with Crippen LogP contribution in [0.2, 0.25) is 0 Å². The van der Waals surface area contributed by atoms with E-state index >= 15 is 8.78 Å². The molecule has 2 aromatic carbocycles. The molecule has 0 bridgehead atoms. The molecule has 1 atom stereocenters. The average molecular weight is 478 g/mol. The van der Waals surface area contributed by atoms with Crippen molar-refractivity contribution in [3.63, 3.8) is 0 Å². The molecule has 6 rings (SSSR count). The lowest BCUT2D eigenvalue weighted by atomic mass is 9.87. The molecule has 0 amide bonds. The smallest absolute Gasteiger partial charge is 0.225 e. The number of nitrogens with two attached hydrogens (primary N) is 1. The first-order valence-corrected chi connectivity index (χ1v) is 12.1. The van der Waals surface area contributed by atoms with Gasteiger partial charge in [-0.2, -0.15) is 5.26 Å². The van der Waals surface area contributed by atoms with Gasteiger partial charge in [-0.25, -0.2) is 18.7 Å². The summed E-state index contributed by atoms with van der Waals surface area (Å²) < 4.78 is 37.5. The summed E-state index contributed by atoms with van der Waals surface area (Å²) >= 11 is 1.41. The van der Waals surface area contributed by atoms with Crippen LogP contribution in [0.3, 0.4) is 0 Å². The number of aromatic nitrogens is 2. The monoisotopic (exact) mass is 477 g/mol. The summed E-state index contributed by atoms with van der Waals surface area (Å²) in [5.41, 5.74) is 8.59. The second-order valence-corrected chi connectivity index (χ2v) is 10.0. The topological polar surface area (TPSA) is 88.1 Å². The van der Waals surface area contributed by atoms with Crippen molar-refractivity contribution in [3.05, 3.63) is 52.4 Å². The molecule has 4 heterocycles. The first-order chi connectivity index (χ1) is 16.5. The van der Waals surface area contributed by atoms with Crippen LogP contribution < -0.4 is 10.6 Å². The Kier molecular flexibility index (Phi) is 4.97. The molecule has 0 saturated carbocycles. The Hall–Kier alpha value is -3.22. The van der Waals surface area contributed by atoms with Gasteiger partial charge in [0.25, 0.3) is 0 Å². The first-order valence-electron chi connectivity index (χ1n) is 11.1. The quantitative estimate of drug-likeness (QED) is 0.570. The van der Waals surface area contributed by atoms with Gasteiger partial charge in [0, 0.05) is 57.7 Å². The van der Waals surface area contributed by atoms with Gasteiger partial charge in [-0.15, -0.1) is 11.8 Å². The maximum atomic E-state index is 16.4. The van der Waals surface area contributed by atoms with Gasteiger partial charge in [0.05, 0.1) is 18.8 Å². The molecule has 3 aliphatic heterocycles. The van der Waals surface area contributed by atoms with Crippen LogP contribution in [0.1, 0.15) is 30.0 Å². The normalized spacial score (nSPS) is 19.5. The number of nitriles is 1. The van der Waals surface area contributed by atoms with Crippen molar-refractivity contribution in [1.29, 1.82) is 5.26 Å². The van der Waals surface area contributed by atoms with E-state index in [1.165, 1.54) is 17.8 Å². The van der Waals surface area contributed by atoms with E-state index in [4.69, 9.17) is 10.5 Å². The highest BCUT2D eigenvalue weighted by Gasteiger charge is 2.32. The zero-order valence-electron chi connectivity index (χ0n) is 18.5. The van der Waals surface area contributed by atoms with Crippen molar-refractivity contribution in [2.75, 3.05) is 23.7 Å². The zero-order chi connectivity index (χ0) is 23.6. The van der Waals surface area contributed by atoms with Gasteiger partial charge in [0.15, 0.2) is 5.82 Å². The number of rotatable bonds is 2. The van der Waals surface area contributed by atoms with Crippen molar-refractivity contribution in [3.8, 4) is 17.2 Å². The fourth-order valence-corrected chi connectivity index (χ4v) is 6.09. The Morgan fingerprint density at radius 3 is 2.79 bits per heavy atom. The zero-order valence-corrected chi connectivity index (χ0v) is 19.3. The highest BCUT2D eigenvalue weighted by atomic mass is 32.2. The first kappa shape index (κ1) is 21.3. The molecular weight excluding hydrogens is 456 g/mol. The number of nitrogens with zero attached hydrogens (tertiary/aromatic N) is 4. The lowest BCUT2D eigenvalue weighted by Crippen LogP contribution is -2.21. The third-order valence-electron chi connectivity index (χ3n) is 6.83. The summed E-state index contributed by atoms with van der Waals surface area (Å²) in [6, 6.07) is 5.05.